The Kier molecular flexibility index (Phi) is 3.32. The fraction of sp³-hybridized carbons (Fsp3) is 0.235. The molecule has 0 spiro atoms. The largest absolute Gasteiger partial charge is 0.477 e. The van der Waals surface area contributed by atoms with Gasteiger partial charge in [0.15, 0.2) is 5.65 Å². The van der Waals surface area contributed by atoms with Crippen LogP contribution in [0.2, 0.25) is 0 Å². The highest BCUT2D eigenvalue weighted by Crippen LogP contribution is 2.25. The lowest BCUT2D eigenvalue weighted by Crippen LogP contribution is -2.15. The van der Waals surface area contributed by atoms with E-state index in [1.165, 1.54) is 17.8 Å². The third-order valence-corrected chi connectivity index (χ3v) is 3.77. The van der Waals surface area contributed by atoms with Gasteiger partial charge >= 0.3 is 5.97 Å². The van der Waals surface area contributed by atoms with Crippen molar-refractivity contribution >= 4 is 11.6 Å². The quantitative estimate of drug-likeness (QED) is 0.761. The van der Waals surface area contributed by atoms with Crippen molar-refractivity contribution in [1.29, 1.82) is 0 Å². The van der Waals surface area contributed by atoms with Crippen LogP contribution in [0.1, 0.15) is 36.7 Å². The molecule has 6 heteroatoms. The molecule has 2 N–H and O–H groups in total. The Morgan fingerprint density at radius 3 is 2.43 bits per heavy atom. The lowest BCUT2D eigenvalue weighted by atomic mass is 9.86. The van der Waals surface area contributed by atoms with E-state index < -0.39 is 5.97 Å². The predicted octanol–water partition coefficient (Wildman–Crippen LogP) is 2.69. The first-order valence-corrected chi connectivity index (χ1v) is 7.23. The van der Waals surface area contributed by atoms with E-state index in [2.05, 4.69) is 30.9 Å². The topological polar surface area (TPSA) is 87.5 Å². The number of fused-ring (bicyclic) bond motifs is 1. The number of hydrogen-bond donors (Lipinski definition) is 2. The lowest BCUT2D eigenvalue weighted by molar-refractivity contribution is 0.0699. The Morgan fingerprint density at radius 1 is 1.22 bits per heavy atom. The molecule has 0 aliphatic carbocycles. The van der Waals surface area contributed by atoms with Crippen LogP contribution in [0.3, 0.4) is 0 Å². The minimum atomic E-state index is -1.13. The van der Waals surface area contributed by atoms with Crippen LogP contribution in [0.5, 0.6) is 0 Å². The lowest BCUT2D eigenvalue weighted by Gasteiger charge is -2.19. The zero-order chi connectivity index (χ0) is 16.8. The highest BCUT2D eigenvalue weighted by molar-refractivity contribution is 5.94. The number of H-pyrrole nitrogens is 1. The third kappa shape index (κ3) is 2.63. The number of aromatic amines is 1. The maximum atomic E-state index is 12.1. The van der Waals surface area contributed by atoms with Gasteiger partial charge in [-0.15, -0.1) is 0 Å². The molecule has 0 amide bonds. The van der Waals surface area contributed by atoms with Gasteiger partial charge in [0.1, 0.15) is 5.56 Å². The summed E-state index contributed by atoms with van der Waals surface area (Å²) in [6.45, 7) is 6.37. The smallest absolute Gasteiger partial charge is 0.341 e. The van der Waals surface area contributed by atoms with Crippen molar-refractivity contribution < 1.29 is 9.90 Å². The third-order valence-electron chi connectivity index (χ3n) is 3.77. The van der Waals surface area contributed by atoms with Crippen molar-refractivity contribution in [2.45, 2.75) is 26.2 Å². The zero-order valence-corrected chi connectivity index (χ0v) is 13.1. The monoisotopic (exact) mass is 311 g/mol. The minimum absolute atomic E-state index is 0.0322. The van der Waals surface area contributed by atoms with Crippen molar-refractivity contribution in [3.8, 4) is 11.3 Å². The molecule has 6 nitrogen and oxygen atoms in total. The van der Waals surface area contributed by atoms with E-state index in [4.69, 9.17) is 0 Å². The maximum Gasteiger partial charge on any atom is 0.341 e. The van der Waals surface area contributed by atoms with Gasteiger partial charge in [0, 0.05) is 17.8 Å². The second-order valence-electron chi connectivity index (χ2n) is 6.46. The summed E-state index contributed by atoms with van der Waals surface area (Å²) in [5.74, 6) is -1.13. The molecule has 0 aliphatic rings. The van der Waals surface area contributed by atoms with Gasteiger partial charge in [-0.05, 0) is 11.0 Å². The van der Waals surface area contributed by atoms with Crippen molar-refractivity contribution in [2.24, 2.45) is 0 Å². The molecule has 23 heavy (non-hydrogen) atoms. The fourth-order valence-electron chi connectivity index (χ4n) is 2.43. The zero-order valence-electron chi connectivity index (χ0n) is 13.1. The molecule has 3 rings (SSSR count). The van der Waals surface area contributed by atoms with E-state index in [-0.39, 0.29) is 22.2 Å². The normalized spacial score (nSPS) is 11.8. The molecule has 2 aromatic heterocycles. The van der Waals surface area contributed by atoms with Gasteiger partial charge in [-0.1, -0.05) is 45.0 Å². The average Bonchev–Trinajstić information content (AvgIpc) is 2.91. The molecule has 0 saturated heterocycles. The van der Waals surface area contributed by atoms with Gasteiger partial charge in [-0.3, -0.25) is 9.89 Å². The molecule has 0 atom stereocenters. The van der Waals surface area contributed by atoms with Crippen LogP contribution in [0.25, 0.3) is 16.9 Å². The summed E-state index contributed by atoms with van der Waals surface area (Å²) in [6.07, 6.45) is 1.26. The van der Waals surface area contributed by atoms with Crippen molar-refractivity contribution in [1.82, 2.24) is 14.6 Å². The Balaban J connectivity index is 2.15. The average molecular weight is 311 g/mol. The number of carboxylic acids is 1. The van der Waals surface area contributed by atoms with Gasteiger partial charge in [0.25, 0.3) is 5.56 Å². The molecule has 1 aromatic carbocycles. The van der Waals surface area contributed by atoms with E-state index >= 15 is 0 Å². The van der Waals surface area contributed by atoms with Gasteiger partial charge in [-0.25, -0.2) is 14.3 Å². The number of carboxylic acid groups (broad SMARTS) is 1. The van der Waals surface area contributed by atoms with Crippen molar-refractivity contribution in [3.05, 3.63) is 58.0 Å². The molecule has 0 bridgehead atoms. The van der Waals surface area contributed by atoms with Crippen LogP contribution >= 0.6 is 0 Å². The summed E-state index contributed by atoms with van der Waals surface area (Å²) in [5, 5.41) is 11.8. The van der Waals surface area contributed by atoms with Gasteiger partial charge in [-0.2, -0.15) is 0 Å². The SMILES string of the molecule is CC(C)(C)c1ccc(-c2cc(=O)n3[nH]cc(C(=O)O)c3n2)cc1. The number of aromatic nitrogens is 3. The van der Waals surface area contributed by atoms with Crippen LogP contribution in [0.15, 0.2) is 41.3 Å². The van der Waals surface area contributed by atoms with E-state index in [1.807, 2.05) is 24.3 Å². The van der Waals surface area contributed by atoms with E-state index in [1.54, 1.807) is 0 Å². The molecule has 0 saturated carbocycles. The van der Waals surface area contributed by atoms with Crippen molar-refractivity contribution in [2.75, 3.05) is 0 Å². The second-order valence-corrected chi connectivity index (χ2v) is 6.46. The number of rotatable bonds is 2. The van der Waals surface area contributed by atoms with Gasteiger partial charge in [0.05, 0.1) is 5.69 Å². The standard InChI is InChI=1S/C17H17N3O3/c1-17(2,3)11-6-4-10(5-7-11)13-8-14(21)20-15(19-13)12(9-18-20)16(22)23/h4-9,18H,1-3H3,(H,22,23). The highest BCUT2D eigenvalue weighted by Gasteiger charge is 2.16. The first kappa shape index (κ1) is 15.0. The minimum Gasteiger partial charge on any atom is -0.477 e. The molecule has 0 unspecified atom stereocenters. The molecule has 2 heterocycles. The van der Waals surface area contributed by atoms with Crippen LogP contribution in [0.4, 0.5) is 0 Å². The second kappa shape index (κ2) is 5.08. The molecule has 3 aromatic rings. The molecular formula is C17H17N3O3. The fourth-order valence-corrected chi connectivity index (χ4v) is 2.43. The van der Waals surface area contributed by atoms with E-state index in [9.17, 15) is 14.7 Å². The van der Waals surface area contributed by atoms with Gasteiger partial charge < -0.3 is 5.11 Å². The summed E-state index contributed by atoms with van der Waals surface area (Å²) in [7, 11) is 0. The van der Waals surface area contributed by atoms with Crippen molar-refractivity contribution in [3.63, 3.8) is 0 Å². The Morgan fingerprint density at radius 2 is 1.87 bits per heavy atom. The van der Waals surface area contributed by atoms with Crippen LogP contribution in [-0.4, -0.2) is 25.7 Å². The number of nitrogens with one attached hydrogen (secondary N) is 1. The highest BCUT2D eigenvalue weighted by atomic mass is 16.4. The van der Waals surface area contributed by atoms with E-state index in [0.29, 0.717) is 5.69 Å². The Labute approximate surface area is 132 Å². The van der Waals surface area contributed by atoms with Crippen LogP contribution in [-0.2, 0) is 5.41 Å². The number of nitrogens with zero attached hydrogens (tertiary/aromatic N) is 2. The van der Waals surface area contributed by atoms with Crippen LogP contribution < -0.4 is 5.56 Å². The molecule has 0 fully saturated rings. The summed E-state index contributed by atoms with van der Waals surface area (Å²) >= 11 is 0. The molecular weight excluding hydrogens is 294 g/mol. The summed E-state index contributed by atoms with van der Waals surface area (Å²) in [6, 6.07) is 9.17. The summed E-state index contributed by atoms with van der Waals surface area (Å²) < 4.78 is 1.12. The predicted molar refractivity (Wildman–Crippen MR) is 86.9 cm³/mol. The maximum absolute atomic E-state index is 12.1. The molecule has 118 valence electrons. The number of aromatic carboxylic acids is 1. The van der Waals surface area contributed by atoms with Gasteiger partial charge in [0.2, 0.25) is 0 Å². The Bertz CT molecular complexity index is 944. The number of hydrogen-bond acceptors (Lipinski definition) is 3. The summed E-state index contributed by atoms with van der Waals surface area (Å²) in [4.78, 5) is 27.7. The van der Waals surface area contributed by atoms with Crippen LogP contribution in [0, 0.1) is 0 Å². The van der Waals surface area contributed by atoms with E-state index in [0.717, 1.165) is 10.1 Å². The first-order valence-electron chi connectivity index (χ1n) is 7.23. The first-order chi connectivity index (χ1) is 10.8. The molecule has 0 radical (unpaired) electrons. The molecule has 0 aliphatic heterocycles. The summed E-state index contributed by atoms with van der Waals surface area (Å²) in [5.41, 5.74) is 2.17. The Hall–Kier alpha value is -2.89. The number of carbonyl (C=O) groups is 1. The number of benzene rings is 1.